The second kappa shape index (κ2) is 7.71. The third kappa shape index (κ3) is 3.73. The van der Waals surface area contributed by atoms with E-state index in [4.69, 9.17) is 4.74 Å². The highest BCUT2D eigenvalue weighted by Crippen LogP contribution is 2.32. The zero-order valence-electron chi connectivity index (χ0n) is 15.7. The zero-order chi connectivity index (χ0) is 19.7. The van der Waals surface area contributed by atoms with Crippen LogP contribution in [0.5, 0.6) is 5.75 Å². The van der Waals surface area contributed by atoms with Crippen molar-refractivity contribution in [3.05, 3.63) is 18.2 Å². The summed E-state index contributed by atoms with van der Waals surface area (Å²) in [4.78, 5) is 26.3. The number of nitrogens with one attached hydrogen (secondary N) is 1. The Balaban J connectivity index is 1.51. The van der Waals surface area contributed by atoms with Gasteiger partial charge in [-0.1, -0.05) is 0 Å². The second-order valence-electron chi connectivity index (χ2n) is 7.58. The highest BCUT2D eigenvalue weighted by molar-refractivity contribution is 7.89. The SMILES string of the molecule is O=C1COc2ccc(S(=O)(=O)N3CCC[C@@H](C(=O)N4CCCCC4)C3)cc2N1. The molecule has 3 heterocycles. The molecule has 1 atom stereocenters. The molecule has 2 fully saturated rings. The van der Waals surface area contributed by atoms with Crippen LogP contribution in [0.1, 0.15) is 32.1 Å². The van der Waals surface area contributed by atoms with Gasteiger partial charge in [-0.3, -0.25) is 9.59 Å². The summed E-state index contributed by atoms with van der Waals surface area (Å²) in [7, 11) is -3.75. The molecule has 1 N–H and O–H groups in total. The van der Waals surface area contributed by atoms with Gasteiger partial charge in [-0.05, 0) is 50.3 Å². The Labute approximate surface area is 164 Å². The average Bonchev–Trinajstić information content (AvgIpc) is 2.73. The number of hydrogen-bond donors (Lipinski definition) is 1. The number of amides is 2. The van der Waals surface area contributed by atoms with Crippen molar-refractivity contribution in [3.63, 3.8) is 0 Å². The van der Waals surface area contributed by atoms with Crippen LogP contribution in [0, 0.1) is 5.92 Å². The van der Waals surface area contributed by atoms with E-state index in [2.05, 4.69) is 5.32 Å². The normalized spacial score (nSPS) is 23.5. The van der Waals surface area contributed by atoms with Gasteiger partial charge in [0.25, 0.3) is 5.91 Å². The Kier molecular flexibility index (Phi) is 5.29. The van der Waals surface area contributed by atoms with Crippen molar-refractivity contribution in [2.24, 2.45) is 5.92 Å². The Bertz CT molecular complexity index is 880. The molecule has 3 aliphatic heterocycles. The largest absolute Gasteiger partial charge is 0.482 e. The maximum atomic E-state index is 13.1. The predicted octanol–water partition coefficient (Wildman–Crippen LogP) is 1.43. The van der Waals surface area contributed by atoms with E-state index in [9.17, 15) is 18.0 Å². The summed E-state index contributed by atoms with van der Waals surface area (Å²) in [6.07, 6.45) is 4.56. The first-order valence-corrected chi connectivity index (χ1v) is 11.2. The van der Waals surface area contributed by atoms with Gasteiger partial charge in [0.05, 0.1) is 16.5 Å². The molecule has 152 valence electrons. The number of fused-ring (bicyclic) bond motifs is 1. The number of sulfonamides is 1. The molecule has 0 aromatic heterocycles. The number of rotatable bonds is 3. The van der Waals surface area contributed by atoms with Crippen molar-refractivity contribution >= 4 is 27.5 Å². The van der Waals surface area contributed by atoms with Crippen molar-refractivity contribution in [1.82, 2.24) is 9.21 Å². The Morgan fingerprint density at radius 3 is 2.68 bits per heavy atom. The van der Waals surface area contributed by atoms with E-state index in [1.165, 1.54) is 16.4 Å². The summed E-state index contributed by atoms with van der Waals surface area (Å²) in [6.45, 7) is 2.06. The fourth-order valence-electron chi connectivity index (χ4n) is 4.11. The summed E-state index contributed by atoms with van der Waals surface area (Å²) in [5, 5.41) is 2.64. The van der Waals surface area contributed by atoms with Crippen molar-refractivity contribution < 1.29 is 22.7 Å². The summed E-state index contributed by atoms with van der Waals surface area (Å²) >= 11 is 0. The van der Waals surface area contributed by atoms with E-state index in [0.717, 1.165) is 38.8 Å². The zero-order valence-corrected chi connectivity index (χ0v) is 16.5. The van der Waals surface area contributed by atoms with E-state index in [1.54, 1.807) is 6.07 Å². The van der Waals surface area contributed by atoms with Crippen LogP contribution in [0.3, 0.4) is 0 Å². The molecular formula is C19H25N3O5S. The van der Waals surface area contributed by atoms with E-state index in [1.807, 2.05) is 4.90 Å². The van der Waals surface area contributed by atoms with Gasteiger partial charge in [0, 0.05) is 26.2 Å². The Morgan fingerprint density at radius 2 is 1.89 bits per heavy atom. The molecule has 2 amide bonds. The molecule has 0 unspecified atom stereocenters. The number of hydrogen-bond acceptors (Lipinski definition) is 5. The Morgan fingerprint density at radius 1 is 1.11 bits per heavy atom. The fourth-order valence-corrected chi connectivity index (χ4v) is 5.66. The van der Waals surface area contributed by atoms with Crippen LogP contribution in [-0.2, 0) is 19.6 Å². The lowest BCUT2D eigenvalue weighted by Crippen LogP contribution is -2.47. The van der Waals surface area contributed by atoms with Crippen molar-refractivity contribution in [2.45, 2.75) is 37.0 Å². The molecule has 1 aromatic carbocycles. The maximum Gasteiger partial charge on any atom is 0.262 e. The van der Waals surface area contributed by atoms with Gasteiger partial charge in [0.15, 0.2) is 6.61 Å². The molecule has 28 heavy (non-hydrogen) atoms. The summed E-state index contributed by atoms with van der Waals surface area (Å²) < 4.78 is 33.0. The average molecular weight is 407 g/mol. The van der Waals surface area contributed by atoms with Crippen LogP contribution in [0.15, 0.2) is 23.1 Å². The van der Waals surface area contributed by atoms with Crippen molar-refractivity contribution in [1.29, 1.82) is 0 Å². The maximum absolute atomic E-state index is 13.1. The lowest BCUT2D eigenvalue weighted by atomic mass is 9.97. The van der Waals surface area contributed by atoms with Crippen LogP contribution in [0.2, 0.25) is 0 Å². The van der Waals surface area contributed by atoms with Gasteiger partial charge in [-0.25, -0.2) is 8.42 Å². The van der Waals surface area contributed by atoms with Gasteiger partial charge < -0.3 is 15.0 Å². The first-order chi connectivity index (χ1) is 13.4. The van der Waals surface area contributed by atoms with E-state index in [0.29, 0.717) is 24.4 Å². The molecule has 0 radical (unpaired) electrons. The monoisotopic (exact) mass is 407 g/mol. The van der Waals surface area contributed by atoms with Crippen molar-refractivity contribution in [3.8, 4) is 5.75 Å². The molecule has 9 heteroatoms. The number of carbonyl (C=O) groups excluding carboxylic acids is 2. The molecule has 8 nitrogen and oxygen atoms in total. The molecule has 1 aromatic rings. The first-order valence-electron chi connectivity index (χ1n) is 9.81. The molecule has 0 aliphatic carbocycles. The topological polar surface area (TPSA) is 96.0 Å². The van der Waals surface area contributed by atoms with Crippen LogP contribution in [0.4, 0.5) is 5.69 Å². The number of likely N-dealkylation sites (tertiary alicyclic amines) is 1. The molecular weight excluding hydrogens is 382 g/mol. The number of benzene rings is 1. The minimum absolute atomic E-state index is 0.0747. The minimum atomic E-state index is -3.75. The molecule has 0 bridgehead atoms. The van der Waals surface area contributed by atoms with E-state index in [-0.39, 0.29) is 35.8 Å². The number of nitrogens with zero attached hydrogens (tertiary/aromatic N) is 2. The highest BCUT2D eigenvalue weighted by atomic mass is 32.2. The van der Waals surface area contributed by atoms with E-state index < -0.39 is 10.0 Å². The summed E-state index contributed by atoms with van der Waals surface area (Å²) in [5.41, 5.74) is 0.357. The predicted molar refractivity (Wildman–Crippen MR) is 102 cm³/mol. The van der Waals surface area contributed by atoms with E-state index >= 15 is 0 Å². The van der Waals surface area contributed by atoms with Crippen LogP contribution < -0.4 is 10.1 Å². The number of carbonyl (C=O) groups is 2. The number of anilines is 1. The van der Waals surface area contributed by atoms with Gasteiger partial charge in [-0.2, -0.15) is 4.31 Å². The standard InChI is InChI=1S/C19H25N3O5S/c23-18-13-27-17-7-6-15(11-16(17)20-18)28(25,26)22-10-4-5-14(12-22)19(24)21-8-2-1-3-9-21/h6-7,11,14H,1-5,8-10,12-13H2,(H,20,23)/t14-/m1/s1. The van der Waals surface area contributed by atoms with Gasteiger partial charge in [0.2, 0.25) is 15.9 Å². The molecule has 4 rings (SSSR count). The molecule has 3 aliphatic rings. The molecule has 0 spiro atoms. The quantitative estimate of drug-likeness (QED) is 0.818. The fraction of sp³-hybridized carbons (Fsp3) is 0.579. The van der Waals surface area contributed by atoms with Crippen LogP contribution >= 0.6 is 0 Å². The molecule has 2 saturated heterocycles. The number of ether oxygens (including phenoxy) is 1. The third-order valence-corrected chi connectivity index (χ3v) is 7.48. The third-order valence-electron chi connectivity index (χ3n) is 5.62. The lowest BCUT2D eigenvalue weighted by molar-refractivity contribution is -0.137. The number of piperidine rings is 2. The smallest absolute Gasteiger partial charge is 0.262 e. The minimum Gasteiger partial charge on any atom is -0.482 e. The van der Waals surface area contributed by atoms with Gasteiger partial charge >= 0.3 is 0 Å². The van der Waals surface area contributed by atoms with Crippen LogP contribution in [0.25, 0.3) is 0 Å². The summed E-state index contributed by atoms with van der Waals surface area (Å²) in [6, 6.07) is 4.47. The molecule has 0 saturated carbocycles. The highest BCUT2D eigenvalue weighted by Gasteiger charge is 2.35. The first kappa shape index (κ1) is 19.2. The second-order valence-corrected chi connectivity index (χ2v) is 9.52. The summed E-state index contributed by atoms with van der Waals surface area (Å²) in [5.74, 6) is -0.0736. The van der Waals surface area contributed by atoms with Gasteiger partial charge in [-0.15, -0.1) is 0 Å². The van der Waals surface area contributed by atoms with Crippen molar-refractivity contribution in [2.75, 3.05) is 38.1 Å². The lowest BCUT2D eigenvalue weighted by Gasteiger charge is -2.35. The van der Waals surface area contributed by atoms with Gasteiger partial charge in [0.1, 0.15) is 5.75 Å². The van der Waals surface area contributed by atoms with Crippen LogP contribution in [-0.4, -0.2) is 62.2 Å². The Hall–Kier alpha value is -2.13.